The lowest BCUT2D eigenvalue weighted by molar-refractivity contribution is -0.142. The van der Waals surface area contributed by atoms with Crippen LogP contribution in [0.5, 0.6) is 0 Å². The molecule has 2 heteroatoms. The molecule has 0 spiro atoms. The zero-order valence-corrected chi connectivity index (χ0v) is 14.9. The van der Waals surface area contributed by atoms with Crippen LogP contribution in [0.15, 0.2) is 0 Å². The highest BCUT2D eigenvalue weighted by Crippen LogP contribution is 2.21. The normalized spacial score (nSPS) is 15.6. The van der Waals surface area contributed by atoms with Gasteiger partial charge in [-0.3, -0.25) is 4.79 Å². The largest absolute Gasteiger partial charge is 0.481 e. The number of carbonyl (C=O) groups is 1. The minimum Gasteiger partial charge on any atom is -0.481 e. The van der Waals surface area contributed by atoms with E-state index < -0.39 is 5.97 Å². The zero-order valence-electron chi connectivity index (χ0n) is 14.9. The van der Waals surface area contributed by atoms with Crippen LogP contribution in [-0.4, -0.2) is 11.1 Å². The summed E-state index contributed by atoms with van der Waals surface area (Å²) in [6, 6.07) is 0. The Kier molecular flexibility index (Phi) is 12.8. The van der Waals surface area contributed by atoms with Crippen LogP contribution in [0, 0.1) is 17.8 Å². The number of aliphatic carboxylic acids is 1. The highest BCUT2D eigenvalue weighted by Gasteiger charge is 2.13. The Labute approximate surface area is 132 Å². The third-order valence-electron chi connectivity index (χ3n) is 5.17. The number of carboxylic acids is 1. The fourth-order valence-electron chi connectivity index (χ4n) is 2.93. The van der Waals surface area contributed by atoms with Gasteiger partial charge in [-0.25, -0.2) is 0 Å². The van der Waals surface area contributed by atoms with Crippen molar-refractivity contribution in [2.24, 2.45) is 17.8 Å². The molecule has 0 aromatic rings. The highest BCUT2D eigenvalue weighted by atomic mass is 16.4. The minimum absolute atomic E-state index is 0.118. The molecule has 0 bridgehead atoms. The summed E-state index contributed by atoms with van der Waals surface area (Å²) in [6.07, 6.45) is 13.3. The maximum atomic E-state index is 10.9. The SMILES string of the molecule is CCC(CCCCCCCCCC(C)C(C)CC)C(=O)O. The van der Waals surface area contributed by atoms with Crippen LogP contribution in [0.1, 0.15) is 98.3 Å². The molecule has 3 atom stereocenters. The van der Waals surface area contributed by atoms with Crippen LogP contribution in [0.4, 0.5) is 0 Å². The van der Waals surface area contributed by atoms with Crippen molar-refractivity contribution < 1.29 is 9.90 Å². The number of hydrogen-bond acceptors (Lipinski definition) is 1. The van der Waals surface area contributed by atoms with Gasteiger partial charge in [-0.05, 0) is 24.7 Å². The molecule has 0 aromatic carbocycles. The van der Waals surface area contributed by atoms with Crippen LogP contribution in [0.3, 0.4) is 0 Å². The van der Waals surface area contributed by atoms with Gasteiger partial charge in [-0.2, -0.15) is 0 Å². The van der Waals surface area contributed by atoms with E-state index in [0.29, 0.717) is 0 Å². The Morgan fingerprint density at radius 3 is 1.67 bits per heavy atom. The van der Waals surface area contributed by atoms with E-state index in [0.717, 1.165) is 31.1 Å². The van der Waals surface area contributed by atoms with Crippen molar-refractivity contribution in [1.82, 2.24) is 0 Å². The molecule has 126 valence electrons. The molecule has 0 fully saturated rings. The second-order valence-electron chi connectivity index (χ2n) is 6.86. The standard InChI is InChI=1S/C19H38O2/c1-5-16(3)17(4)14-12-10-8-7-9-11-13-15-18(6-2)19(20)21/h16-18H,5-15H2,1-4H3,(H,20,21). The van der Waals surface area contributed by atoms with E-state index in [4.69, 9.17) is 5.11 Å². The molecule has 0 radical (unpaired) electrons. The van der Waals surface area contributed by atoms with E-state index in [-0.39, 0.29) is 5.92 Å². The van der Waals surface area contributed by atoms with Gasteiger partial charge in [0, 0.05) is 0 Å². The van der Waals surface area contributed by atoms with Gasteiger partial charge >= 0.3 is 5.97 Å². The molecule has 1 N–H and O–H groups in total. The summed E-state index contributed by atoms with van der Waals surface area (Å²) in [5.74, 6) is 1.00. The van der Waals surface area contributed by atoms with Gasteiger partial charge < -0.3 is 5.11 Å². The fourth-order valence-corrected chi connectivity index (χ4v) is 2.93. The molecule has 3 unspecified atom stereocenters. The molecule has 0 heterocycles. The Hall–Kier alpha value is -0.530. The van der Waals surface area contributed by atoms with Crippen molar-refractivity contribution in [2.75, 3.05) is 0 Å². The van der Waals surface area contributed by atoms with Gasteiger partial charge in [0.1, 0.15) is 0 Å². The molecule has 21 heavy (non-hydrogen) atoms. The molecule has 0 rings (SSSR count). The summed E-state index contributed by atoms with van der Waals surface area (Å²) in [5.41, 5.74) is 0. The van der Waals surface area contributed by atoms with Crippen LogP contribution >= 0.6 is 0 Å². The van der Waals surface area contributed by atoms with Crippen LogP contribution in [0.2, 0.25) is 0 Å². The summed E-state index contributed by atoms with van der Waals surface area (Å²) in [5, 5.41) is 8.97. The predicted octanol–water partition coefficient (Wildman–Crippen LogP) is 6.29. The summed E-state index contributed by atoms with van der Waals surface area (Å²) in [6.45, 7) is 9.01. The molecule has 0 aromatic heterocycles. The molecular weight excluding hydrogens is 260 g/mol. The minimum atomic E-state index is -0.618. The number of unbranched alkanes of at least 4 members (excludes halogenated alkanes) is 6. The lowest BCUT2D eigenvalue weighted by Crippen LogP contribution is -2.12. The number of hydrogen-bond donors (Lipinski definition) is 1. The van der Waals surface area contributed by atoms with Crippen molar-refractivity contribution in [3.63, 3.8) is 0 Å². The van der Waals surface area contributed by atoms with Crippen LogP contribution < -0.4 is 0 Å². The monoisotopic (exact) mass is 298 g/mol. The summed E-state index contributed by atoms with van der Waals surface area (Å²) < 4.78 is 0. The first-order valence-electron chi connectivity index (χ1n) is 9.25. The van der Waals surface area contributed by atoms with Gasteiger partial charge in [-0.15, -0.1) is 0 Å². The second kappa shape index (κ2) is 13.2. The third-order valence-corrected chi connectivity index (χ3v) is 5.17. The maximum Gasteiger partial charge on any atom is 0.306 e. The van der Waals surface area contributed by atoms with E-state index in [9.17, 15) is 4.79 Å². The van der Waals surface area contributed by atoms with Gasteiger partial charge in [0.15, 0.2) is 0 Å². The summed E-state index contributed by atoms with van der Waals surface area (Å²) >= 11 is 0. The molecule has 0 amide bonds. The van der Waals surface area contributed by atoms with Crippen LogP contribution in [-0.2, 0) is 4.79 Å². The average Bonchev–Trinajstić information content (AvgIpc) is 2.47. The number of rotatable bonds is 14. The average molecular weight is 299 g/mol. The van der Waals surface area contributed by atoms with E-state index in [1.807, 2.05) is 6.92 Å². The van der Waals surface area contributed by atoms with Gasteiger partial charge in [-0.1, -0.05) is 85.5 Å². The van der Waals surface area contributed by atoms with Crippen molar-refractivity contribution >= 4 is 5.97 Å². The zero-order chi connectivity index (χ0) is 16.1. The van der Waals surface area contributed by atoms with Crippen molar-refractivity contribution in [1.29, 1.82) is 0 Å². The molecule has 0 aliphatic heterocycles. The molecule has 0 saturated heterocycles. The first-order valence-corrected chi connectivity index (χ1v) is 9.25. The maximum absolute atomic E-state index is 10.9. The highest BCUT2D eigenvalue weighted by molar-refractivity contribution is 5.69. The Balaban J connectivity index is 3.35. The quantitative estimate of drug-likeness (QED) is 0.383. The van der Waals surface area contributed by atoms with Crippen molar-refractivity contribution in [3.05, 3.63) is 0 Å². The van der Waals surface area contributed by atoms with Gasteiger partial charge in [0.2, 0.25) is 0 Å². The van der Waals surface area contributed by atoms with Crippen LogP contribution in [0.25, 0.3) is 0 Å². The summed E-state index contributed by atoms with van der Waals surface area (Å²) in [7, 11) is 0. The molecule has 0 aliphatic rings. The van der Waals surface area contributed by atoms with Gasteiger partial charge in [0.05, 0.1) is 5.92 Å². The lowest BCUT2D eigenvalue weighted by atomic mass is 9.89. The first-order chi connectivity index (χ1) is 10.0. The first kappa shape index (κ1) is 20.5. The Morgan fingerprint density at radius 2 is 1.24 bits per heavy atom. The van der Waals surface area contributed by atoms with E-state index in [1.165, 1.54) is 51.4 Å². The summed E-state index contributed by atoms with van der Waals surface area (Å²) in [4.78, 5) is 10.9. The van der Waals surface area contributed by atoms with E-state index in [2.05, 4.69) is 20.8 Å². The van der Waals surface area contributed by atoms with E-state index >= 15 is 0 Å². The van der Waals surface area contributed by atoms with Crippen molar-refractivity contribution in [3.8, 4) is 0 Å². The Morgan fingerprint density at radius 1 is 0.762 bits per heavy atom. The predicted molar refractivity (Wildman–Crippen MR) is 91.6 cm³/mol. The third kappa shape index (κ3) is 10.8. The molecular formula is C19H38O2. The van der Waals surface area contributed by atoms with Gasteiger partial charge in [0.25, 0.3) is 0 Å². The second-order valence-corrected chi connectivity index (χ2v) is 6.86. The fraction of sp³-hybridized carbons (Fsp3) is 0.947. The smallest absolute Gasteiger partial charge is 0.306 e. The topological polar surface area (TPSA) is 37.3 Å². The number of carboxylic acid groups (broad SMARTS) is 1. The lowest BCUT2D eigenvalue weighted by Gasteiger charge is -2.17. The molecule has 0 saturated carbocycles. The van der Waals surface area contributed by atoms with Crippen molar-refractivity contribution in [2.45, 2.75) is 98.3 Å². The molecule has 0 aliphatic carbocycles. The Bertz CT molecular complexity index is 250. The van der Waals surface area contributed by atoms with E-state index in [1.54, 1.807) is 0 Å². The molecule has 2 nitrogen and oxygen atoms in total.